The van der Waals surface area contributed by atoms with Crippen LogP contribution in [0.15, 0.2) is 29.4 Å². The molecule has 1 heterocycles. The molecule has 1 aromatic carbocycles. The molecule has 2 N–H and O–H groups in total. The molecule has 0 aliphatic rings. The van der Waals surface area contributed by atoms with E-state index in [1.165, 1.54) is 11.8 Å². The van der Waals surface area contributed by atoms with Gasteiger partial charge in [0.2, 0.25) is 5.91 Å². The van der Waals surface area contributed by atoms with Crippen molar-refractivity contribution < 1.29 is 14.3 Å². The lowest BCUT2D eigenvalue weighted by Crippen LogP contribution is -2.42. The third kappa shape index (κ3) is 5.80. The molecule has 27 heavy (non-hydrogen) atoms. The maximum absolute atomic E-state index is 12.2. The zero-order valence-electron chi connectivity index (χ0n) is 16.0. The lowest BCUT2D eigenvalue weighted by molar-refractivity contribution is -0.119. The quantitative estimate of drug-likeness (QED) is 0.670. The number of nitrogens with zero attached hydrogens (tertiary/aromatic N) is 3. The van der Waals surface area contributed by atoms with Gasteiger partial charge in [0.15, 0.2) is 11.0 Å². The summed E-state index contributed by atoms with van der Waals surface area (Å²) in [5, 5.41) is 13.5. The first kappa shape index (κ1) is 20.9. The molecule has 2 rings (SSSR count). The molecule has 0 bridgehead atoms. The molecule has 0 radical (unpaired) electrons. The molecule has 0 aliphatic carbocycles. The van der Waals surface area contributed by atoms with Crippen molar-refractivity contribution in [3.05, 3.63) is 29.8 Å². The first-order chi connectivity index (χ1) is 13.0. The summed E-state index contributed by atoms with van der Waals surface area (Å²) in [6.45, 7) is 7.02. The summed E-state index contributed by atoms with van der Waals surface area (Å²) in [7, 11) is 1.63. The Hall–Kier alpha value is -2.39. The molecule has 1 aromatic heterocycles. The highest BCUT2D eigenvalue weighted by molar-refractivity contribution is 8.00. The van der Waals surface area contributed by atoms with E-state index in [0.29, 0.717) is 24.9 Å². The third-order valence-corrected chi connectivity index (χ3v) is 4.82. The largest absolute Gasteiger partial charge is 0.383 e. The summed E-state index contributed by atoms with van der Waals surface area (Å²) in [6, 6.07) is 7.49. The minimum Gasteiger partial charge on any atom is -0.383 e. The van der Waals surface area contributed by atoms with Crippen LogP contribution in [-0.2, 0) is 16.1 Å². The summed E-state index contributed by atoms with van der Waals surface area (Å²) < 4.78 is 7.13. The molecule has 146 valence electrons. The Morgan fingerprint density at radius 3 is 2.78 bits per heavy atom. The van der Waals surface area contributed by atoms with Gasteiger partial charge in [0.05, 0.1) is 18.4 Å². The predicted molar refractivity (Wildman–Crippen MR) is 105 cm³/mol. The fourth-order valence-electron chi connectivity index (χ4n) is 2.39. The Labute approximate surface area is 163 Å². The number of benzene rings is 1. The van der Waals surface area contributed by atoms with Crippen molar-refractivity contribution in [1.29, 1.82) is 0 Å². The lowest BCUT2D eigenvalue weighted by atomic mass is 10.1. The van der Waals surface area contributed by atoms with Crippen LogP contribution in [0.1, 0.15) is 19.4 Å². The number of hydrogen-bond acceptors (Lipinski definition) is 6. The molecule has 0 unspecified atom stereocenters. The molecule has 2 aromatic rings. The van der Waals surface area contributed by atoms with E-state index in [1.54, 1.807) is 21.0 Å². The van der Waals surface area contributed by atoms with E-state index in [1.807, 2.05) is 35.8 Å². The summed E-state index contributed by atoms with van der Waals surface area (Å²) >= 11 is 1.25. The summed E-state index contributed by atoms with van der Waals surface area (Å²) in [5.74, 6) is 0.332. The minimum absolute atomic E-state index is 0.385. The second-order valence-corrected chi connectivity index (χ2v) is 7.24. The van der Waals surface area contributed by atoms with E-state index in [4.69, 9.17) is 4.74 Å². The fraction of sp³-hybridized carbons (Fsp3) is 0.444. The van der Waals surface area contributed by atoms with Crippen LogP contribution in [0.2, 0.25) is 0 Å². The number of aryl methyl sites for hydroxylation is 1. The van der Waals surface area contributed by atoms with Gasteiger partial charge in [-0.1, -0.05) is 35.5 Å². The van der Waals surface area contributed by atoms with Crippen LogP contribution in [0.3, 0.4) is 0 Å². The van der Waals surface area contributed by atoms with Crippen molar-refractivity contribution in [2.45, 2.75) is 37.7 Å². The highest BCUT2D eigenvalue weighted by Gasteiger charge is 2.22. The summed E-state index contributed by atoms with van der Waals surface area (Å²) in [6.07, 6.45) is 0. The average molecular weight is 391 g/mol. The van der Waals surface area contributed by atoms with Crippen LogP contribution >= 0.6 is 11.8 Å². The van der Waals surface area contributed by atoms with Crippen molar-refractivity contribution >= 4 is 23.7 Å². The Morgan fingerprint density at radius 1 is 1.33 bits per heavy atom. The Bertz CT molecular complexity index is 793. The summed E-state index contributed by atoms with van der Waals surface area (Å²) in [5.41, 5.74) is 2.07. The number of thioether (sulfide) groups is 1. The number of carbonyl (C=O) groups excluding carboxylic acids is 2. The molecule has 8 nitrogen and oxygen atoms in total. The number of hydrogen-bond donors (Lipinski definition) is 2. The maximum Gasteiger partial charge on any atom is 0.321 e. The number of imide groups is 1. The van der Waals surface area contributed by atoms with Crippen molar-refractivity contribution in [3.8, 4) is 11.4 Å². The van der Waals surface area contributed by atoms with Crippen LogP contribution in [0.4, 0.5) is 4.79 Å². The van der Waals surface area contributed by atoms with Crippen molar-refractivity contribution in [1.82, 2.24) is 25.4 Å². The standard InChI is InChI=1S/C18H25N5O3S/c1-5-19-17(25)20-16(24)13(3)27-18-22-21-15(23(18)9-10-26-4)14-8-6-7-12(2)11-14/h6-8,11,13H,5,9-10H2,1-4H3,(H2,19,20,24,25)/t13-/m0/s1. The van der Waals surface area contributed by atoms with Gasteiger partial charge in [-0.3, -0.25) is 14.7 Å². The van der Waals surface area contributed by atoms with Gasteiger partial charge in [0.1, 0.15) is 0 Å². The molecule has 3 amide bonds. The molecule has 9 heteroatoms. The molecular weight excluding hydrogens is 366 g/mol. The number of aromatic nitrogens is 3. The number of carbonyl (C=O) groups is 2. The van der Waals surface area contributed by atoms with E-state index in [0.717, 1.165) is 17.0 Å². The highest BCUT2D eigenvalue weighted by Crippen LogP contribution is 2.27. The topological polar surface area (TPSA) is 98.1 Å². The van der Waals surface area contributed by atoms with Crippen LogP contribution in [-0.4, -0.2) is 52.2 Å². The predicted octanol–water partition coefficient (Wildman–Crippen LogP) is 2.23. The first-order valence-electron chi connectivity index (χ1n) is 8.70. The van der Waals surface area contributed by atoms with Crippen LogP contribution in [0.25, 0.3) is 11.4 Å². The molecule has 0 spiro atoms. The lowest BCUT2D eigenvalue weighted by Gasteiger charge is -2.13. The van der Waals surface area contributed by atoms with Gasteiger partial charge in [0, 0.05) is 19.2 Å². The third-order valence-electron chi connectivity index (χ3n) is 3.74. The van der Waals surface area contributed by atoms with Crippen LogP contribution in [0, 0.1) is 6.92 Å². The SMILES string of the molecule is CCNC(=O)NC(=O)[C@H](C)Sc1nnc(-c2cccc(C)c2)n1CCOC. The Kier molecular flexibility index (Phi) is 7.81. The van der Waals surface area contributed by atoms with E-state index in [9.17, 15) is 9.59 Å². The molecule has 0 saturated carbocycles. The van der Waals surface area contributed by atoms with Crippen LogP contribution < -0.4 is 10.6 Å². The second kappa shape index (κ2) is 10.1. The Balaban J connectivity index is 2.20. The number of methoxy groups -OCH3 is 1. The second-order valence-electron chi connectivity index (χ2n) is 5.93. The molecule has 0 aliphatic heterocycles. The monoisotopic (exact) mass is 391 g/mol. The number of urea groups is 1. The highest BCUT2D eigenvalue weighted by atomic mass is 32.2. The number of nitrogens with one attached hydrogen (secondary N) is 2. The molecule has 1 atom stereocenters. The van der Waals surface area contributed by atoms with Gasteiger partial charge in [-0.2, -0.15) is 0 Å². The van der Waals surface area contributed by atoms with Crippen molar-refractivity contribution in [2.24, 2.45) is 0 Å². The molecular formula is C18H25N5O3S. The first-order valence-corrected chi connectivity index (χ1v) is 9.58. The van der Waals surface area contributed by atoms with Crippen molar-refractivity contribution in [3.63, 3.8) is 0 Å². The maximum atomic E-state index is 12.2. The van der Waals surface area contributed by atoms with Crippen LogP contribution in [0.5, 0.6) is 0 Å². The van der Waals surface area contributed by atoms with Gasteiger partial charge in [-0.15, -0.1) is 10.2 Å². The number of ether oxygens (including phenoxy) is 1. The minimum atomic E-state index is -0.511. The van der Waals surface area contributed by atoms with E-state index in [-0.39, 0.29) is 5.91 Å². The van der Waals surface area contributed by atoms with Gasteiger partial charge >= 0.3 is 6.03 Å². The zero-order valence-corrected chi connectivity index (χ0v) is 16.8. The van der Waals surface area contributed by atoms with Gasteiger partial charge < -0.3 is 10.1 Å². The summed E-state index contributed by atoms with van der Waals surface area (Å²) in [4.78, 5) is 23.7. The van der Waals surface area contributed by atoms with Gasteiger partial charge in [-0.25, -0.2) is 4.79 Å². The van der Waals surface area contributed by atoms with E-state index < -0.39 is 11.3 Å². The average Bonchev–Trinajstić information content (AvgIpc) is 3.02. The number of rotatable bonds is 8. The molecule has 0 fully saturated rings. The Morgan fingerprint density at radius 2 is 2.11 bits per heavy atom. The number of amides is 3. The van der Waals surface area contributed by atoms with Crippen molar-refractivity contribution in [2.75, 3.05) is 20.3 Å². The smallest absolute Gasteiger partial charge is 0.321 e. The normalized spacial score (nSPS) is 11.9. The van der Waals surface area contributed by atoms with Gasteiger partial charge in [0.25, 0.3) is 0 Å². The van der Waals surface area contributed by atoms with E-state index >= 15 is 0 Å². The fourth-order valence-corrected chi connectivity index (χ4v) is 3.26. The van der Waals surface area contributed by atoms with E-state index in [2.05, 4.69) is 20.8 Å². The zero-order chi connectivity index (χ0) is 19.8. The molecule has 0 saturated heterocycles. The van der Waals surface area contributed by atoms with Gasteiger partial charge in [-0.05, 0) is 26.8 Å².